The summed E-state index contributed by atoms with van der Waals surface area (Å²) in [5, 5.41) is 0. The van der Waals surface area contributed by atoms with Gasteiger partial charge in [0.1, 0.15) is 5.69 Å². The number of hydrogen-bond acceptors (Lipinski definition) is 4. The maximum absolute atomic E-state index is 11.4. The predicted molar refractivity (Wildman–Crippen MR) is 55.4 cm³/mol. The summed E-state index contributed by atoms with van der Waals surface area (Å²) < 4.78 is 10.0. The van der Waals surface area contributed by atoms with E-state index >= 15 is 0 Å². The summed E-state index contributed by atoms with van der Waals surface area (Å²) in [6.45, 7) is 0.743. The highest BCUT2D eigenvalue weighted by molar-refractivity contribution is 5.88. The van der Waals surface area contributed by atoms with Crippen molar-refractivity contribution >= 4 is 5.97 Å². The van der Waals surface area contributed by atoms with E-state index < -0.39 is 11.7 Å². The Morgan fingerprint density at radius 2 is 2.38 bits per heavy atom. The third-order valence-electron chi connectivity index (χ3n) is 2.65. The van der Waals surface area contributed by atoms with E-state index in [9.17, 15) is 9.59 Å². The van der Waals surface area contributed by atoms with E-state index in [0.717, 1.165) is 19.4 Å². The van der Waals surface area contributed by atoms with E-state index in [4.69, 9.17) is 4.74 Å². The Hall–Kier alpha value is -1.56. The van der Waals surface area contributed by atoms with Gasteiger partial charge in [0, 0.05) is 13.0 Å². The number of methoxy groups -OCH3 is 1. The second-order valence-corrected chi connectivity index (χ2v) is 3.76. The van der Waals surface area contributed by atoms with Crippen LogP contribution in [0.15, 0.2) is 4.79 Å². The molecule has 1 unspecified atom stereocenters. The maximum atomic E-state index is 11.4. The molecule has 0 saturated carbocycles. The van der Waals surface area contributed by atoms with E-state index in [1.165, 1.54) is 7.11 Å². The van der Waals surface area contributed by atoms with Crippen LogP contribution in [0.2, 0.25) is 0 Å². The van der Waals surface area contributed by atoms with Gasteiger partial charge in [-0.2, -0.15) is 0 Å². The van der Waals surface area contributed by atoms with Crippen molar-refractivity contribution in [2.75, 3.05) is 13.7 Å². The molecule has 0 aromatic carbocycles. The number of ether oxygens (including phenoxy) is 2. The third-order valence-corrected chi connectivity index (χ3v) is 2.65. The molecule has 2 rings (SSSR count). The molecular formula is C10H14N2O4. The molecule has 1 fully saturated rings. The Balaban J connectivity index is 2.18. The Bertz CT molecular complexity index is 428. The lowest BCUT2D eigenvalue weighted by Crippen LogP contribution is -2.13. The molecule has 1 aliphatic heterocycles. The average Bonchev–Trinajstić information content (AvgIpc) is 2.88. The number of esters is 1. The maximum Gasteiger partial charge on any atom is 0.356 e. The third kappa shape index (κ3) is 2.16. The van der Waals surface area contributed by atoms with Crippen LogP contribution < -0.4 is 5.69 Å². The van der Waals surface area contributed by atoms with Gasteiger partial charge in [-0.3, -0.25) is 4.98 Å². The molecule has 0 radical (unpaired) electrons. The Morgan fingerprint density at radius 1 is 1.56 bits per heavy atom. The van der Waals surface area contributed by atoms with Crippen molar-refractivity contribution < 1.29 is 14.3 Å². The molecule has 0 bridgehead atoms. The summed E-state index contributed by atoms with van der Waals surface area (Å²) in [7, 11) is 1.28. The van der Waals surface area contributed by atoms with Crippen LogP contribution >= 0.6 is 0 Å². The lowest BCUT2D eigenvalue weighted by Gasteiger charge is -2.08. The van der Waals surface area contributed by atoms with Gasteiger partial charge in [0.25, 0.3) is 0 Å². The minimum atomic E-state index is -0.536. The monoisotopic (exact) mass is 226 g/mol. The number of aromatic nitrogens is 2. The first-order valence-electron chi connectivity index (χ1n) is 5.22. The van der Waals surface area contributed by atoms with Gasteiger partial charge in [-0.15, -0.1) is 0 Å². The van der Waals surface area contributed by atoms with Crippen molar-refractivity contribution in [1.82, 2.24) is 9.97 Å². The Kier molecular flexibility index (Phi) is 3.09. The van der Waals surface area contributed by atoms with Crippen LogP contribution in [0.4, 0.5) is 0 Å². The highest BCUT2D eigenvalue weighted by Gasteiger charge is 2.22. The number of H-pyrrole nitrogens is 2. The van der Waals surface area contributed by atoms with E-state index in [2.05, 4.69) is 14.7 Å². The molecule has 1 saturated heterocycles. The van der Waals surface area contributed by atoms with Crippen LogP contribution in [0.5, 0.6) is 0 Å². The lowest BCUT2D eigenvalue weighted by molar-refractivity contribution is 0.0591. The number of carbonyl (C=O) groups excluding carboxylic acids is 1. The molecule has 16 heavy (non-hydrogen) atoms. The van der Waals surface area contributed by atoms with E-state index in [1.807, 2.05) is 0 Å². The fourth-order valence-corrected chi connectivity index (χ4v) is 1.88. The zero-order valence-corrected chi connectivity index (χ0v) is 9.04. The molecular weight excluding hydrogens is 212 g/mol. The molecule has 6 nitrogen and oxygen atoms in total. The number of hydrogen-bond donors (Lipinski definition) is 2. The van der Waals surface area contributed by atoms with Gasteiger partial charge in [0.05, 0.1) is 18.9 Å². The molecule has 0 amide bonds. The first-order chi connectivity index (χ1) is 7.70. The fraction of sp³-hybridized carbons (Fsp3) is 0.600. The van der Waals surface area contributed by atoms with Gasteiger partial charge in [0.2, 0.25) is 0 Å². The van der Waals surface area contributed by atoms with Crippen molar-refractivity contribution in [3.63, 3.8) is 0 Å². The van der Waals surface area contributed by atoms with Gasteiger partial charge in [-0.25, -0.2) is 9.59 Å². The largest absolute Gasteiger partial charge is 0.464 e. The lowest BCUT2D eigenvalue weighted by atomic mass is 10.1. The van der Waals surface area contributed by atoms with Gasteiger partial charge in [0.15, 0.2) is 0 Å². The second kappa shape index (κ2) is 4.52. The molecule has 1 atom stereocenters. The molecule has 1 aromatic rings. The zero-order valence-electron chi connectivity index (χ0n) is 9.04. The summed E-state index contributed by atoms with van der Waals surface area (Å²) in [4.78, 5) is 27.5. The summed E-state index contributed by atoms with van der Waals surface area (Å²) in [6, 6.07) is 0. The quantitative estimate of drug-likeness (QED) is 0.722. The van der Waals surface area contributed by atoms with Crippen molar-refractivity contribution in [2.45, 2.75) is 25.4 Å². The molecule has 88 valence electrons. The van der Waals surface area contributed by atoms with Crippen LogP contribution in [0.3, 0.4) is 0 Å². The highest BCUT2D eigenvalue weighted by atomic mass is 16.5. The van der Waals surface area contributed by atoms with Crippen molar-refractivity contribution in [3.05, 3.63) is 21.9 Å². The standard InChI is InChI=1S/C10H14N2O4/c1-15-9(13)8-7(11-10(14)12-8)5-6-3-2-4-16-6/h6H,2-5H2,1H3,(H2,11,12,14). The minimum absolute atomic E-state index is 0.0786. The fourth-order valence-electron chi connectivity index (χ4n) is 1.88. The van der Waals surface area contributed by atoms with Gasteiger partial charge >= 0.3 is 11.7 Å². The highest BCUT2D eigenvalue weighted by Crippen LogP contribution is 2.17. The van der Waals surface area contributed by atoms with E-state index in [-0.39, 0.29) is 11.8 Å². The van der Waals surface area contributed by atoms with Gasteiger partial charge < -0.3 is 14.5 Å². The zero-order chi connectivity index (χ0) is 11.5. The normalized spacial score (nSPS) is 19.9. The predicted octanol–water partition coefficient (Wildman–Crippen LogP) is 0.211. The van der Waals surface area contributed by atoms with E-state index in [0.29, 0.717) is 12.1 Å². The Labute approximate surface area is 92.0 Å². The molecule has 6 heteroatoms. The second-order valence-electron chi connectivity index (χ2n) is 3.76. The van der Waals surface area contributed by atoms with Crippen molar-refractivity contribution in [3.8, 4) is 0 Å². The summed E-state index contributed by atoms with van der Waals surface area (Å²) in [6.07, 6.45) is 2.58. The number of imidazole rings is 1. The number of rotatable bonds is 3. The van der Waals surface area contributed by atoms with Crippen LogP contribution in [0.25, 0.3) is 0 Å². The number of aromatic amines is 2. The van der Waals surface area contributed by atoms with Crippen molar-refractivity contribution in [2.24, 2.45) is 0 Å². The summed E-state index contributed by atoms with van der Waals surface area (Å²) in [5.41, 5.74) is 0.361. The number of carbonyl (C=O) groups is 1. The van der Waals surface area contributed by atoms with Gasteiger partial charge in [-0.05, 0) is 12.8 Å². The topological polar surface area (TPSA) is 84.2 Å². The molecule has 2 heterocycles. The molecule has 1 aromatic heterocycles. The van der Waals surface area contributed by atoms with Crippen LogP contribution in [-0.2, 0) is 15.9 Å². The SMILES string of the molecule is COC(=O)c1[nH]c(=O)[nH]c1CC1CCCO1. The van der Waals surface area contributed by atoms with Crippen molar-refractivity contribution in [1.29, 1.82) is 0 Å². The van der Waals surface area contributed by atoms with Gasteiger partial charge in [-0.1, -0.05) is 0 Å². The molecule has 2 N–H and O–H groups in total. The first-order valence-corrected chi connectivity index (χ1v) is 5.22. The minimum Gasteiger partial charge on any atom is -0.464 e. The smallest absolute Gasteiger partial charge is 0.356 e. The van der Waals surface area contributed by atoms with Crippen LogP contribution in [0, 0.1) is 0 Å². The first kappa shape index (κ1) is 10.9. The molecule has 0 aliphatic carbocycles. The number of nitrogens with one attached hydrogen (secondary N) is 2. The summed E-state index contributed by atoms with van der Waals surface area (Å²) >= 11 is 0. The summed E-state index contributed by atoms with van der Waals surface area (Å²) in [5.74, 6) is -0.536. The Morgan fingerprint density at radius 3 is 3.00 bits per heavy atom. The molecule has 1 aliphatic rings. The van der Waals surface area contributed by atoms with Crippen LogP contribution in [-0.4, -0.2) is 35.8 Å². The average molecular weight is 226 g/mol. The molecule has 0 spiro atoms. The van der Waals surface area contributed by atoms with E-state index in [1.54, 1.807) is 0 Å². The van der Waals surface area contributed by atoms with Crippen LogP contribution in [0.1, 0.15) is 29.0 Å².